The second kappa shape index (κ2) is 5.21. The average molecular weight is 219 g/mol. The van der Waals surface area contributed by atoms with Crippen LogP contribution in [0.2, 0.25) is 0 Å². The molecule has 0 aliphatic rings. The number of carbonyl (C=O) groups excluding carboxylic acids is 1. The van der Waals surface area contributed by atoms with Crippen molar-refractivity contribution in [1.82, 2.24) is 9.97 Å². The van der Waals surface area contributed by atoms with Gasteiger partial charge in [0.05, 0.1) is 36.0 Å². The Kier molecular flexibility index (Phi) is 3.95. The van der Waals surface area contributed by atoms with E-state index in [4.69, 9.17) is 10.00 Å². The summed E-state index contributed by atoms with van der Waals surface area (Å²) in [6, 6.07) is 1.87. The maximum Gasteiger partial charge on any atom is 0.329 e. The van der Waals surface area contributed by atoms with Crippen LogP contribution in [0.1, 0.15) is 29.9 Å². The zero-order valence-electron chi connectivity index (χ0n) is 9.52. The van der Waals surface area contributed by atoms with Gasteiger partial charge >= 0.3 is 5.97 Å². The van der Waals surface area contributed by atoms with Crippen molar-refractivity contribution >= 4 is 5.97 Å². The van der Waals surface area contributed by atoms with Crippen molar-refractivity contribution in [3.05, 3.63) is 23.3 Å². The Morgan fingerprint density at radius 3 is 2.75 bits per heavy atom. The second-order valence-electron chi connectivity index (χ2n) is 3.28. The Labute approximate surface area is 94.1 Å². The molecule has 0 saturated carbocycles. The summed E-state index contributed by atoms with van der Waals surface area (Å²) in [6.45, 7) is 5.54. The fourth-order valence-corrected chi connectivity index (χ4v) is 1.16. The maximum atomic E-state index is 11.5. The highest BCUT2D eigenvalue weighted by Gasteiger charge is 2.23. The number of esters is 1. The number of aryl methyl sites for hydroxylation is 2. The summed E-state index contributed by atoms with van der Waals surface area (Å²) in [4.78, 5) is 19.7. The minimum atomic E-state index is -0.994. The van der Waals surface area contributed by atoms with Crippen LogP contribution in [0.25, 0.3) is 0 Å². The Balaban J connectivity index is 3.01. The summed E-state index contributed by atoms with van der Waals surface area (Å²) in [5.41, 5.74) is 1.83. The van der Waals surface area contributed by atoms with Gasteiger partial charge in [0, 0.05) is 0 Å². The van der Waals surface area contributed by atoms with E-state index in [0.29, 0.717) is 11.4 Å². The summed E-state index contributed by atoms with van der Waals surface area (Å²) < 4.78 is 4.79. The van der Waals surface area contributed by atoms with Crippen molar-refractivity contribution in [2.24, 2.45) is 0 Å². The molecule has 16 heavy (non-hydrogen) atoms. The van der Waals surface area contributed by atoms with Crippen LogP contribution in [0.15, 0.2) is 6.20 Å². The molecule has 1 aromatic rings. The van der Waals surface area contributed by atoms with Gasteiger partial charge in [0.15, 0.2) is 5.92 Å². The van der Waals surface area contributed by atoms with Gasteiger partial charge in [0.2, 0.25) is 0 Å². The topological polar surface area (TPSA) is 75.9 Å². The Morgan fingerprint density at radius 2 is 2.25 bits per heavy atom. The van der Waals surface area contributed by atoms with Crippen LogP contribution in [-0.2, 0) is 9.53 Å². The lowest BCUT2D eigenvalue weighted by Crippen LogP contribution is -2.16. The van der Waals surface area contributed by atoms with Gasteiger partial charge in [0.25, 0.3) is 0 Å². The second-order valence-corrected chi connectivity index (χ2v) is 3.28. The van der Waals surface area contributed by atoms with Crippen molar-refractivity contribution in [1.29, 1.82) is 5.26 Å². The predicted octanol–water partition coefficient (Wildman–Crippen LogP) is 1.26. The molecule has 0 spiro atoms. The van der Waals surface area contributed by atoms with E-state index >= 15 is 0 Å². The minimum absolute atomic E-state index is 0.245. The average Bonchev–Trinajstić information content (AvgIpc) is 2.25. The van der Waals surface area contributed by atoms with E-state index in [1.807, 2.05) is 13.0 Å². The van der Waals surface area contributed by atoms with Crippen LogP contribution in [0.5, 0.6) is 0 Å². The van der Waals surface area contributed by atoms with E-state index in [0.717, 1.165) is 5.69 Å². The quantitative estimate of drug-likeness (QED) is 0.715. The van der Waals surface area contributed by atoms with Crippen molar-refractivity contribution < 1.29 is 9.53 Å². The van der Waals surface area contributed by atoms with Gasteiger partial charge in [-0.15, -0.1) is 0 Å². The van der Waals surface area contributed by atoms with E-state index in [1.165, 1.54) is 6.20 Å². The van der Waals surface area contributed by atoms with Gasteiger partial charge in [-0.25, -0.2) is 0 Å². The molecule has 1 rings (SSSR count). The molecule has 1 heterocycles. The molecule has 0 radical (unpaired) electrons. The third-order valence-electron chi connectivity index (χ3n) is 2.16. The van der Waals surface area contributed by atoms with Gasteiger partial charge in [-0.2, -0.15) is 5.26 Å². The maximum absolute atomic E-state index is 11.5. The standard InChI is InChI=1S/C11H13N3O2/c1-4-16-11(15)9(5-12)10-6-13-7(2)8(3)14-10/h6,9H,4H2,1-3H3. The summed E-state index contributed by atoms with van der Waals surface area (Å²) in [6.07, 6.45) is 1.44. The minimum Gasteiger partial charge on any atom is -0.465 e. The Morgan fingerprint density at radius 1 is 1.56 bits per heavy atom. The van der Waals surface area contributed by atoms with Crippen LogP contribution in [0, 0.1) is 25.2 Å². The summed E-state index contributed by atoms with van der Waals surface area (Å²) >= 11 is 0. The van der Waals surface area contributed by atoms with Crippen molar-refractivity contribution in [3.63, 3.8) is 0 Å². The van der Waals surface area contributed by atoms with E-state index in [2.05, 4.69) is 9.97 Å². The van der Waals surface area contributed by atoms with Gasteiger partial charge in [-0.05, 0) is 20.8 Å². The predicted molar refractivity (Wildman–Crippen MR) is 56.5 cm³/mol. The number of ether oxygens (including phenoxy) is 1. The zero-order valence-corrected chi connectivity index (χ0v) is 9.52. The lowest BCUT2D eigenvalue weighted by Gasteiger charge is -2.08. The van der Waals surface area contributed by atoms with Crippen LogP contribution >= 0.6 is 0 Å². The molecule has 84 valence electrons. The highest BCUT2D eigenvalue weighted by Crippen LogP contribution is 2.14. The molecule has 0 fully saturated rings. The lowest BCUT2D eigenvalue weighted by atomic mass is 10.1. The third-order valence-corrected chi connectivity index (χ3v) is 2.16. The van der Waals surface area contributed by atoms with Crippen LogP contribution in [-0.4, -0.2) is 22.5 Å². The summed E-state index contributed by atoms with van der Waals surface area (Å²) in [5.74, 6) is -1.57. The molecule has 0 amide bonds. The molecule has 0 aliphatic carbocycles. The molecular formula is C11H13N3O2. The first-order chi connectivity index (χ1) is 7.60. The highest BCUT2D eigenvalue weighted by molar-refractivity contribution is 5.80. The van der Waals surface area contributed by atoms with Gasteiger partial charge in [0.1, 0.15) is 0 Å². The molecule has 5 nitrogen and oxygen atoms in total. The summed E-state index contributed by atoms with van der Waals surface area (Å²) in [5, 5.41) is 8.92. The van der Waals surface area contributed by atoms with Crippen LogP contribution < -0.4 is 0 Å². The first-order valence-corrected chi connectivity index (χ1v) is 4.96. The third kappa shape index (κ3) is 2.54. The van der Waals surface area contributed by atoms with E-state index in [1.54, 1.807) is 13.8 Å². The number of nitriles is 1. The van der Waals surface area contributed by atoms with Gasteiger partial charge in [-0.3, -0.25) is 14.8 Å². The number of hydrogen-bond donors (Lipinski definition) is 0. The van der Waals surface area contributed by atoms with E-state index in [9.17, 15) is 4.79 Å². The zero-order chi connectivity index (χ0) is 12.1. The monoisotopic (exact) mass is 219 g/mol. The molecule has 1 atom stereocenters. The fraction of sp³-hybridized carbons (Fsp3) is 0.455. The number of carbonyl (C=O) groups is 1. The Hall–Kier alpha value is -1.96. The molecule has 0 saturated heterocycles. The lowest BCUT2D eigenvalue weighted by molar-refractivity contribution is -0.143. The first-order valence-electron chi connectivity index (χ1n) is 4.96. The molecule has 0 N–H and O–H groups in total. The fourth-order valence-electron chi connectivity index (χ4n) is 1.16. The smallest absolute Gasteiger partial charge is 0.329 e. The molecule has 0 aliphatic heterocycles. The van der Waals surface area contributed by atoms with Crippen LogP contribution in [0.3, 0.4) is 0 Å². The largest absolute Gasteiger partial charge is 0.465 e. The van der Waals surface area contributed by atoms with Gasteiger partial charge in [-0.1, -0.05) is 0 Å². The number of nitrogens with zero attached hydrogens (tertiary/aromatic N) is 3. The van der Waals surface area contributed by atoms with Crippen molar-refractivity contribution in [2.75, 3.05) is 6.61 Å². The van der Waals surface area contributed by atoms with Crippen molar-refractivity contribution in [2.45, 2.75) is 26.7 Å². The van der Waals surface area contributed by atoms with E-state index < -0.39 is 11.9 Å². The molecule has 1 aromatic heterocycles. The molecule has 1 unspecified atom stereocenters. The number of rotatable bonds is 3. The van der Waals surface area contributed by atoms with Crippen molar-refractivity contribution in [3.8, 4) is 6.07 Å². The molecule has 5 heteroatoms. The highest BCUT2D eigenvalue weighted by atomic mass is 16.5. The molecule has 0 bridgehead atoms. The van der Waals surface area contributed by atoms with Gasteiger partial charge < -0.3 is 4.74 Å². The van der Waals surface area contributed by atoms with E-state index in [-0.39, 0.29) is 6.61 Å². The Bertz CT molecular complexity index is 437. The SMILES string of the molecule is CCOC(=O)C(C#N)c1cnc(C)c(C)n1. The van der Waals surface area contributed by atoms with Crippen LogP contribution in [0.4, 0.5) is 0 Å². The molecular weight excluding hydrogens is 206 g/mol. The first kappa shape index (κ1) is 12.1. The number of aromatic nitrogens is 2. The normalized spacial score (nSPS) is 11.6. The molecule has 0 aromatic carbocycles. The summed E-state index contributed by atoms with van der Waals surface area (Å²) in [7, 11) is 0. The number of hydrogen-bond acceptors (Lipinski definition) is 5.